The van der Waals surface area contributed by atoms with Gasteiger partial charge in [0.2, 0.25) is 0 Å². The van der Waals surface area contributed by atoms with Gasteiger partial charge in [-0.2, -0.15) is 5.10 Å². The van der Waals surface area contributed by atoms with Gasteiger partial charge in [0.25, 0.3) is 0 Å². The summed E-state index contributed by atoms with van der Waals surface area (Å²) in [6.07, 6.45) is 4.00. The third kappa shape index (κ3) is 4.45. The van der Waals surface area contributed by atoms with E-state index >= 15 is 0 Å². The Kier molecular flexibility index (Phi) is 5.29. The summed E-state index contributed by atoms with van der Waals surface area (Å²) < 4.78 is 5.89. The molecular formula is C22H22N4O3. The molecule has 3 N–H and O–H groups in total. The monoisotopic (exact) mass is 390 g/mol. The van der Waals surface area contributed by atoms with E-state index in [1.807, 2.05) is 37.3 Å². The summed E-state index contributed by atoms with van der Waals surface area (Å²) in [5.41, 5.74) is 3.69. The highest BCUT2D eigenvalue weighted by atomic mass is 16.5. The van der Waals surface area contributed by atoms with Crippen molar-refractivity contribution in [3.63, 3.8) is 0 Å². The molecule has 1 atom stereocenters. The number of aromatic amines is 1. The number of nitrogens with one attached hydrogen (secondary N) is 3. The van der Waals surface area contributed by atoms with Gasteiger partial charge < -0.3 is 15.4 Å². The van der Waals surface area contributed by atoms with Crippen LogP contribution in [0.4, 0.5) is 5.69 Å². The number of hydrogen-bond donors (Lipinski definition) is 3. The molecule has 2 amide bonds. The molecule has 1 heterocycles. The van der Waals surface area contributed by atoms with Crippen molar-refractivity contribution in [1.29, 1.82) is 0 Å². The summed E-state index contributed by atoms with van der Waals surface area (Å²) in [5, 5.41) is 12.5. The summed E-state index contributed by atoms with van der Waals surface area (Å²) in [6, 6.07) is 14.6. The molecule has 29 heavy (non-hydrogen) atoms. The summed E-state index contributed by atoms with van der Waals surface area (Å²) in [4.78, 5) is 24.8. The Morgan fingerprint density at radius 3 is 2.86 bits per heavy atom. The van der Waals surface area contributed by atoms with Crippen molar-refractivity contribution in [1.82, 2.24) is 15.5 Å². The molecule has 0 radical (unpaired) electrons. The van der Waals surface area contributed by atoms with Crippen LogP contribution >= 0.6 is 0 Å². The number of ether oxygens (including phenoxy) is 1. The van der Waals surface area contributed by atoms with Crippen molar-refractivity contribution in [2.75, 3.05) is 5.32 Å². The van der Waals surface area contributed by atoms with E-state index in [9.17, 15) is 9.59 Å². The maximum absolute atomic E-state index is 12.4. The van der Waals surface area contributed by atoms with Crippen LogP contribution < -0.4 is 15.4 Å². The first kappa shape index (κ1) is 18.7. The van der Waals surface area contributed by atoms with E-state index in [1.54, 1.807) is 24.4 Å². The third-order valence-corrected chi connectivity index (χ3v) is 4.91. The SMILES string of the molecule is Cc1cccc(Oc2ccccc2NC(=O)C(=O)N[C@@H]2CCc3[nH]ncc3C2)c1. The lowest BCUT2D eigenvalue weighted by atomic mass is 9.93. The average molecular weight is 390 g/mol. The minimum absolute atomic E-state index is 0.0860. The van der Waals surface area contributed by atoms with Gasteiger partial charge in [0.05, 0.1) is 11.9 Å². The van der Waals surface area contributed by atoms with Crippen LogP contribution in [0.5, 0.6) is 11.5 Å². The number of nitrogens with zero attached hydrogens (tertiary/aromatic N) is 1. The molecule has 0 aliphatic heterocycles. The van der Waals surface area contributed by atoms with Gasteiger partial charge in [-0.1, -0.05) is 24.3 Å². The number of H-pyrrole nitrogens is 1. The predicted octanol–water partition coefficient (Wildman–Crippen LogP) is 3.12. The lowest BCUT2D eigenvalue weighted by molar-refractivity contribution is -0.136. The number of carbonyl (C=O) groups is 2. The zero-order valence-corrected chi connectivity index (χ0v) is 16.1. The summed E-state index contributed by atoms with van der Waals surface area (Å²) in [5.74, 6) is -0.246. The zero-order chi connectivity index (χ0) is 20.2. The predicted molar refractivity (Wildman–Crippen MR) is 109 cm³/mol. The van der Waals surface area contributed by atoms with Crippen molar-refractivity contribution in [3.8, 4) is 11.5 Å². The second-order valence-corrected chi connectivity index (χ2v) is 7.16. The number of para-hydroxylation sites is 2. The lowest BCUT2D eigenvalue weighted by Gasteiger charge is -2.22. The zero-order valence-electron chi connectivity index (χ0n) is 16.1. The van der Waals surface area contributed by atoms with Gasteiger partial charge in [0.15, 0.2) is 5.75 Å². The second kappa shape index (κ2) is 8.18. The van der Waals surface area contributed by atoms with E-state index in [4.69, 9.17) is 4.74 Å². The van der Waals surface area contributed by atoms with Crippen LogP contribution in [0.3, 0.4) is 0 Å². The van der Waals surface area contributed by atoms with Crippen LogP contribution in [-0.4, -0.2) is 28.1 Å². The summed E-state index contributed by atoms with van der Waals surface area (Å²) in [7, 11) is 0. The smallest absolute Gasteiger partial charge is 0.313 e. The topological polar surface area (TPSA) is 96.1 Å². The molecule has 3 aromatic rings. The Morgan fingerprint density at radius 2 is 2.00 bits per heavy atom. The van der Waals surface area contributed by atoms with Gasteiger partial charge in [0, 0.05) is 11.7 Å². The van der Waals surface area contributed by atoms with Gasteiger partial charge >= 0.3 is 11.8 Å². The fraction of sp³-hybridized carbons (Fsp3) is 0.227. The van der Waals surface area contributed by atoms with E-state index in [0.29, 0.717) is 23.6 Å². The van der Waals surface area contributed by atoms with Crippen LogP contribution in [0.15, 0.2) is 54.7 Å². The molecule has 4 rings (SSSR count). The molecule has 0 unspecified atom stereocenters. The van der Waals surface area contributed by atoms with Gasteiger partial charge in [-0.05, 0) is 61.6 Å². The minimum Gasteiger partial charge on any atom is -0.455 e. The third-order valence-electron chi connectivity index (χ3n) is 4.91. The molecule has 0 bridgehead atoms. The van der Waals surface area contributed by atoms with Gasteiger partial charge in [-0.15, -0.1) is 0 Å². The van der Waals surface area contributed by atoms with Crippen molar-refractivity contribution in [2.45, 2.75) is 32.2 Å². The highest BCUT2D eigenvalue weighted by Gasteiger charge is 2.24. The molecule has 7 nitrogen and oxygen atoms in total. The molecule has 0 fully saturated rings. The van der Waals surface area contributed by atoms with Crippen molar-refractivity contribution < 1.29 is 14.3 Å². The summed E-state index contributed by atoms with van der Waals surface area (Å²) >= 11 is 0. The molecule has 1 aliphatic rings. The molecule has 2 aromatic carbocycles. The molecule has 148 valence electrons. The van der Waals surface area contributed by atoms with Crippen LogP contribution in [0.2, 0.25) is 0 Å². The Balaban J connectivity index is 1.40. The number of aryl methyl sites for hydroxylation is 2. The number of carbonyl (C=O) groups excluding carboxylic acids is 2. The van der Waals surface area contributed by atoms with Crippen LogP contribution in [0, 0.1) is 6.92 Å². The van der Waals surface area contributed by atoms with Crippen molar-refractivity contribution in [3.05, 3.63) is 71.5 Å². The number of rotatable bonds is 4. The molecule has 7 heteroatoms. The first-order chi connectivity index (χ1) is 14.1. The van der Waals surface area contributed by atoms with Gasteiger partial charge in [-0.3, -0.25) is 14.7 Å². The Hall–Kier alpha value is -3.61. The number of anilines is 1. The number of aromatic nitrogens is 2. The maximum Gasteiger partial charge on any atom is 0.313 e. The summed E-state index contributed by atoms with van der Waals surface area (Å²) in [6.45, 7) is 1.97. The highest BCUT2D eigenvalue weighted by molar-refractivity contribution is 6.39. The van der Waals surface area contributed by atoms with E-state index in [0.717, 1.165) is 29.7 Å². The van der Waals surface area contributed by atoms with E-state index in [-0.39, 0.29) is 6.04 Å². The first-order valence-electron chi connectivity index (χ1n) is 9.55. The lowest BCUT2D eigenvalue weighted by Crippen LogP contribution is -2.44. The molecule has 0 saturated carbocycles. The molecule has 1 aromatic heterocycles. The molecular weight excluding hydrogens is 368 g/mol. The molecule has 0 saturated heterocycles. The van der Waals surface area contributed by atoms with E-state index < -0.39 is 11.8 Å². The number of fused-ring (bicyclic) bond motifs is 1. The van der Waals surface area contributed by atoms with Crippen molar-refractivity contribution in [2.24, 2.45) is 0 Å². The Bertz CT molecular complexity index is 1040. The number of benzene rings is 2. The normalized spacial score (nSPS) is 15.3. The van der Waals surface area contributed by atoms with Crippen LogP contribution in [0.1, 0.15) is 23.2 Å². The van der Waals surface area contributed by atoms with E-state index in [1.165, 1.54) is 0 Å². The highest BCUT2D eigenvalue weighted by Crippen LogP contribution is 2.29. The maximum atomic E-state index is 12.4. The van der Waals surface area contributed by atoms with Crippen LogP contribution in [0.25, 0.3) is 0 Å². The fourth-order valence-corrected chi connectivity index (χ4v) is 3.43. The van der Waals surface area contributed by atoms with Crippen molar-refractivity contribution >= 4 is 17.5 Å². The van der Waals surface area contributed by atoms with Gasteiger partial charge in [0.1, 0.15) is 5.75 Å². The Labute approximate surface area is 168 Å². The van der Waals surface area contributed by atoms with E-state index in [2.05, 4.69) is 20.8 Å². The largest absolute Gasteiger partial charge is 0.455 e. The minimum atomic E-state index is -0.719. The van der Waals surface area contributed by atoms with Crippen LogP contribution in [-0.2, 0) is 22.4 Å². The average Bonchev–Trinajstić information content (AvgIpc) is 3.17. The second-order valence-electron chi connectivity index (χ2n) is 7.16. The number of amides is 2. The first-order valence-corrected chi connectivity index (χ1v) is 9.55. The quantitative estimate of drug-likeness (QED) is 0.597. The fourth-order valence-electron chi connectivity index (χ4n) is 3.43. The molecule has 0 spiro atoms. The standard InChI is InChI=1S/C22H22N4O3/c1-14-5-4-6-17(11-14)29-20-8-3-2-7-19(20)25-22(28)21(27)24-16-9-10-18-15(12-16)13-23-26-18/h2-8,11,13,16H,9-10,12H2,1H3,(H,23,26)(H,24,27)(H,25,28)/t16-/m1/s1. The van der Waals surface area contributed by atoms with Gasteiger partial charge in [-0.25, -0.2) is 0 Å². The molecule has 1 aliphatic carbocycles. The number of hydrogen-bond acceptors (Lipinski definition) is 4. The Morgan fingerprint density at radius 1 is 1.14 bits per heavy atom.